The Bertz CT molecular complexity index is 468. The Kier molecular flexibility index (Phi) is 4.89. The fourth-order valence-electron chi connectivity index (χ4n) is 1.87. The first-order valence-electron chi connectivity index (χ1n) is 6.52. The summed E-state index contributed by atoms with van der Waals surface area (Å²) in [4.78, 5) is 15.7. The van der Waals surface area contributed by atoms with E-state index in [1.54, 1.807) is 0 Å². The van der Waals surface area contributed by atoms with Gasteiger partial charge in [0.1, 0.15) is 12.2 Å². The molecule has 0 aromatic carbocycles. The molecular formula is C14H23N3O2. The normalized spacial score (nSPS) is 11.4. The Balaban J connectivity index is 3.04. The van der Waals surface area contributed by atoms with Gasteiger partial charge in [-0.25, -0.2) is 4.98 Å². The highest BCUT2D eigenvalue weighted by molar-refractivity contribution is 5.96. The Labute approximate surface area is 114 Å². The van der Waals surface area contributed by atoms with E-state index in [1.807, 2.05) is 33.8 Å². The third-order valence-corrected chi connectivity index (χ3v) is 3.46. The van der Waals surface area contributed by atoms with Crippen molar-refractivity contribution in [2.45, 2.75) is 46.1 Å². The number of amides is 1. The number of aromatic nitrogens is 1. The monoisotopic (exact) mass is 265 g/mol. The lowest BCUT2D eigenvalue weighted by Gasteiger charge is -2.26. The first kappa shape index (κ1) is 15.4. The van der Waals surface area contributed by atoms with Crippen LogP contribution in [0.4, 0.5) is 0 Å². The molecule has 0 atom stereocenters. The lowest BCUT2D eigenvalue weighted by atomic mass is 9.96. The highest BCUT2D eigenvalue weighted by Gasteiger charge is 2.23. The molecule has 1 aromatic heterocycles. The van der Waals surface area contributed by atoms with Crippen LogP contribution < -0.4 is 16.2 Å². The molecule has 0 spiro atoms. The third-order valence-electron chi connectivity index (χ3n) is 3.46. The van der Waals surface area contributed by atoms with Gasteiger partial charge in [0.15, 0.2) is 0 Å². The second-order valence-electron chi connectivity index (χ2n) is 4.98. The standard InChI is InChI=1S/C14H23N3O2/c1-5-14(16,6-2)8-19-13-11(12(15)18)9(3)7-10(4)17-13/h7H,5-6,8,16H2,1-4H3,(H2,15,18). The molecule has 1 rings (SSSR count). The van der Waals surface area contributed by atoms with Crippen LogP contribution in [-0.2, 0) is 0 Å². The van der Waals surface area contributed by atoms with E-state index in [9.17, 15) is 4.79 Å². The Morgan fingerprint density at radius 1 is 1.37 bits per heavy atom. The topological polar surface area (TPSA) is 91.2 Å². The molecule has 19 heavy (non-hydrogen) atoms. The van der Waals surface area contributed by atoms with Gasteiger partial charge in [-0.05, 0) is 38.3 Å². The third kappa shape index (κ3) is 3.67. The number of hydrogen-bond acceptors (Lipinski definition) is 4. The summed E-state index contributed by atoms with van der Waals surface area (Å²) in [6, 6.07) is 1.81. The maximum atomic E-state index is 11.5. The van der Waals surface area contributed by atoms with Gasteiger partial charge in [-0.3, -0.25) is 4.79 Å². The molecule has 0 unspecified atom stereocenters. The summed E-state index contributed by atoms with van der Waals surface area (Å²) in [7, 11) is 0. The number of pyridine rings is 1. The fraction of sp³-hybridized carbons (Fsp3) is 0.571. The molecule has 1 aromatic rings. The van der Waals surface area contributed by atoms with Crippen molar-refractivity contribution in [2.75, 3.05) is 6.61 Å². The highest BCUT2D eigenvalue weighted by atomic mass is 16.5. The van der Waals surface area contributed by atoms with Crippen LogP contribution in [-0.4, -0.2) is 23.0 Å². The average Bonchev–Trinajstić information content (AvgIpc) is 2.34. The minimum atomic E-state index is -0.532. The largest absolute Gasteiger partial charge is 0.475 e. The molecule has 0 fully saturated rings. The summed E-state index contributed by atoms with van der Waals surface area (Å²) in [6.45, 7) is 8.00. The summed E-state index contributed by atoms with van der Waals surface area (Å²) in [5, 5.41) is 0. The Morgan fingerprint density at radius 3 is 2.42 bits per heavy atom. The van der Waals surface area contributed by atoms with Crippen molar-refractivity contribution >= 4 is 5.91 Å². The Morgan fingerprint density at radius 2 is 1.95 bits per heavy atom. The molecule has 1 amide bonds. The zero-order valence-electron chi connectivity index (χ0n) is 12.1. The number of carbonyl (C=O) groups is 1. The molecule has 0 aliphatic heterocycles. The van der Waals surface area contributed by atoms with Gasteiger partial charge in [-0.15, -0.1) is 0 Å². The van der Waals surface area contributed by atoms with Crippen LogP contribution in [0.25, 0.3) is 0 Å². The minimum Gasteiger partial charge on any atom is -0.475 e. The molecule has 4 N–H and O–H groups in total. The average molecular weight is 265 g/mol. The molecule has 106 valence electrons. The zero-order chi connectivity index (χ0) is 14.6. The molecule has 0 bridgehead atoms. The van der Waals surface area contributed by atoms with Crippen molar-refractivity contribution < 1.29 is 9.53 Å². The number of primary amides is 1. The van der Waals surface area contributed by atoms with Crippen LogP contribution in [0.3, 0.4) is 0 Å². The number of hydrogen-bond donors (Lipinski definition) is 2. The smallest absolute Gasteiger partial charge is 0.254 e. The van der Waals surface area contributed by atoms with Gasteiger partial charge >= 0.3 is 0 Å². The Hall–Kier alpha value is -1.62. The van der Waals surface area contributed by atoms with Crippen LogP contribution in [0.15, 0.2) is 6.07 Å². The summed E-state index contributed by atoms with van der Waals surface area (Å²) in [5.74, 6) is -0.252. The summed E-state index contributed by atoms with van der Waals surface area (Å²) in [6.07, 6.45) is 1.58. The van der Waals surface area contributed by atoms with Crippen molar-refractivity contribution in [3.63, 3.8) is 0 Å². The summed E-state index contributed by atoms with van der Waals surface area (Å²) < 4.78 is 5.67. The first-order chi connectivity index (χ1) is 8.83. The quantitative estimate of drug-likeness (QED) is 0.818. The van der Waals surface area contributed by atoms with E-state index in [1.165, 1.54) is 0 Å². The highest BCUT2D eigenvalue weighted by Crippen LogP contribution is 2.22. The van der Waals surface area contributed by atoms with Crippen LogP contribution in [0.5, 0.6) is 5.88 Å². The van der Waals surface area contributed by atoms with E-state index < -0.39 is 11.4 Å². The van der Waals surface area contributed by atoms with E-state index in [4.69, 9.17) is 16.2 Å². The van der Waals surface area contributed by atoms with Crippen LogP contribution in [0, 0.1) is 13.8 Å². The van der Waals surface area contributed by atoms with Gasteiger partial charge in [0.05, 0.1) is 0 Å². The van der Waals surface area contributed by atoms with Crippen LogP contribution in [0.2, 0.25) is 0 Å². The van der Waals surface area contributed by atoms with Gasteiger partial charge in [0, 0.05) is 11.2 Å². The van der Waals surface area contributed by atoms with Crippen LogP contribution >= 0.6 is 0 Å². The molecule has 0 saturated heterocycles. The van der Waals surface area contributed by atoms with E-state index in [0.717, 1.165) is 24.1 Å². The number of nitrogens with zero attached hydrogens (tertiary/aromatic N) is 1. The van der Waals surface area contributed by atoms with Crippen molar-refractivity contribution in [1.29, 1.82) is 0 Å². The number of nitrogens with two attached hydrogens (primary N) is 2. The number of ether oxygens (including phenoxy) is 1. The molecule has 5 nitrogen and oxygen atoms in total. The maximum Gasteiger partial charge on any atom is 0.254 e. The predicted molar refractivity (Wildman–Crippen MR) is 75.2 cm³/mol. The lowest BCUT2D eigenvalue weighted by molar-refractivity contribution is 0.0992. The summed E-state index contributed by atoms with van der Waals surface area (Å²) >= 11 is 0. The first-order valence-corrected chi connectivity index (χ1v) is 6.52. The molecule has 5 heteroatoms. The predicted octanol–water partition coefficient (Wildman–Crippen LogP) is 1.69. The molecule has 1 heterocycles. The van der Waals surface area contributed by atoms with E-state index in [2.05, 4.69) is 4.98 Å². The molecule has 0 aliphatic rings. The molecule has 0 radical (unpaired) electrons. The molecular weight excluding hydrogens is 242 g/mol. The van der Waals surface area contributed by atoms with Gasteiger partial charge < -0.3 is 16.2 Å². The lowest BCUT2D eigenvalue weighted by Crippen LogP contribution is -2.44. The second kappa shape index (κ2) is 6.02. The van der Waals surface area contributed by atoms with Gasteiger partial charge in [-0.2, -0.15) is 0 Å². The number of aryl methyl sites for hydroxylation is 2. The maximum absolute atomic E-state index is 11.5. The number of carbonyl (C=O) groups excluding carboxylic acids is 1. The van der Waals surface area contributed by atoms with Gasteiger partial charge in [-0.1, -0.05) is 13.8 Å². The van der Waals surface area contributed by atoms with Crippen molar-refractivity contribution in [2.24, 2.45) is 11.5 Å². The number of rotatable bonds is 6. The van der Waals surface area contributed by atoms with E-state index in [0.29, 0.717) is 12.2 Å². The van der Waals surface area contributed by atoms with Gasteiger partial charge in [0.2, 0.25) is 5.88 Å². The second-order valence-corrected chi connectivity index (χ2v) is 4.98. The SMILES string of the molecule is CCC(N)(CC)COc1nc(C)cc(C)c1C(N)=O. The molecule has 0 saturated carbocycles. The van der Waals surface area contributed by atoms with Gasteiger partial charge in [0.25, 0.3) is 5.91 Å². The van der Waals surface area contributed by atoms with E-state index in [-0.39, 0.29) is 5.88 Å². The van der Waals surface area contributed by atoms with E-state index >= 15 is 0 Å². The van der Waals surface area contributed by atoms with Crippen molar-refractivity contribution in [3.05, 3.63) is 22.9 Å². The van der Waals surface area contributed by atoms with Crippen molar-refractivity contribution in [3.8, 4) is 5.88 Å². The van der Waals surface area contributed by atoms with Crippen molar-refractivity contribution in [1.82, 2.24) is 4.98 Å². The fourth-order valence-corrected chi connectivity index (χ4v) is 1.87. The van der Waals surface area contributed by atoms with Crippen LogP contribution in [0.1, 0.15) is 48.3 Å². The minimum absolute atomic E-state index is 0.279. The zero-order valence-corrected chi connectivity index (χ0v) is 12.1. The molecule has 0 aliphatic carbocycles. The summed E-state index contributed by atoms with van der Waals surface area (Å²) in [5.41, 5.74) is 13.0.